The second kappa shape index (κ2) is 6.39. The molecule has 6 nitrogen and oxygen atoms in total. The van der Waals surface area contributed by atoms with Crippen LogP contribution < -0.4 is 4.90 Å². The summed E-state index contributed by atoms with van der Waals surface area (Å²) >= 11 is 0. The first-order chi connectivity index (χ1) is 12.2. The number of pyridine rings is 1. The molecule has 0 unspecified atom stereocenters. The van der Waals surface area contributed by atoms with Gasteiger partial charge in [0.1, 0.15) is 12.1 Å². The Balaban J connectivity index is 1.62. The molecule has 0 aliphatic carbocycles. The van der Waals surface area contributed by atoms with Crippen molar-refractivity contribution in [1.29, 1.82) is 0 Å². The van der Waals surface area contributed by atoms with Gasteiger partial charge < -0.3 is 9.80 Å². The van der Waals surface area contributed by atoms with Crippen LogP contribution >= 0.6 is 0 Å². The summed E-state index contributed by atoms with van der Waals surface area (Å²) in [5.74, 6) is 0.713. The van der Waals surface area contributed by atoms with E-state index in [0.717, 1.165) is 6.54 Å². The van der Waals surface area contributed by atoms with Crippen LogP contribution in [0.15, 0.2) is 61.3 Å². The van der Waals surface area contributed by atoms with Gasteiger partial charge in [0.15, 0.2) is 0 Å². The van der Waals surface area contributed by atoms with Crippen LogP contribution in [0.25, 0.3) is 5.82 Å². The fraction of sp³-hybridized carbons (Fsp3) is 0.211. The molecule has 126 valence electrons. The minimum Gasteiger partial charge on any atom is -0.373 e. The molecule has 1 aliphatic rings. The van der Waals surface area contributed by atoms with Gasteiger partial charge in [-0.25, -0.2) is 9.97 Å². The maximum Gasteiger partial charge on any atom is 0.254 e. The molecule has 6 heteroatoms. The number of nitrogens with zero attached hydrogens (tertiary/aromatic N) is 5. The van der Waals surface area contributed by atoms with Crippen molar-refractivity contribution in [1.82, 2.24) is 19.4 Å². The number of imidazole rings is 1. The third-order valence-corrected chi connectivity index (χ3v) is 4.52. The third kappa shape index (κ3) is 2.98. The van der Waals surface area contributed by atoms with Crippen molar-refractivity contribution < 1.29 is 4.79 Å². The van der Waals surface area contributed by atoms with Crippen LogP contribution in [-0.4, -0.2) is 45.5 Å². The van der Waals surface area contributed by atoms with Gasteiger partial charge in [-0.05, 0) is 23.8 Å². The second-order valence-corrected chi connectivity index (χ2v) is 6.15. The molecule has 25 heavy (non-hydrogen) atoms. The zero-order valence-electron chi connectivity index (χ0n) is 14.0. The van der Waals surface area contributed by atoms with Crippen LogP contribution in [0, 0.1) is 0 Å². The van der Waals surface area contributed by atoms with Crippen molar-refractivity contribution in [2.24, 2.45) is 0 Å². The number of hydrogen-bond donors (Lipinski definition) is 0. The molecule has 1 amide bonds. The molecule has 3 aromatic rings. The molecule has 0 saturated carbocycles. The quantitative estimate of drug-likeness (QED) is 0.722. The lowest BCUT2D eigenvalue weighted by atomic mass is 10.1. The number of likely N-dealkylation sites (N-methyl/N-ethyl adjacent to an activating group) is 1. The Morgan fingerprint density at radius 1 is 1.12 bits per heavy atom. The van der Waals surface area contributed by atoms with E-state index in [1.54, 1.807) is 29.4 Å². The van der Waals surface area contributed by atoms with E-state index in [9.17, 15) is 4.79 Å². The van der Waals surface area contributed by atoms with Gasteiger partial charge in [0.2, 0.25) is 0 Å². The summed E-state index contributed by atoms with van der Waals surface area (Å²) in [4.78, 5) is 25.5. The van der Waals surface area contributed by atoms with Gasteiger partial charge >= 0.3 is 0 Å². The zero-order chi connectivity index (χ0) is 17.2. The molecular weight excluding hydrogens is 314 g/mol. The van der Waals surface area contributed by atoms with Crippen LogP contribution in [-0.2, 0) is 6.54 Å². The summed E-state index contributed by atoms with van der Waals surface area (Å²) in [6.45, 7) is 2.11. The highest BCUT2D eigenvalue weighted by Crippen LogP contribution is 2.24. The molecule has 2 aromatic heterocycles. The summed E-state index contributed by atoms with van der Waals surface area (Å²) in [6, 6.07) is 11.8. The van der Waals surface area contributed by atoms with Crippen LogP contribution in [0.3, 0.4) is 0 Å². The highest BCUT2D eigenvalue weighted by Gasteiger charge is 2.22. The van der Waals surface area contributed by atoms with Crippen LogP contribution in [0.5, 0.6) is 0 Å². The largest absolute Gasteiger partial charge is 0.373 e. The average Bonchev–Trinajstić information content (AvgIpc) is 3.14. The fourth-order valence-corrected chi connectivity index (χ4v) is 3.14. The SMILES string of the molecule is CN1CCN(C(=O)c2ccnc(-n3ccnc3)c2)Cc2ccccc21. The monoisotopic (exact) mass is 333 g/mol. The van der Waals surface area contributed by atoms with Crippen molar-refractivity contribution in [3.63, 3.8) is 0 Å². The van der Waals surface area contributed by atoms with E-state index in [2.05, 4.69) is 34.0 Å². The first-order valence-corrected chi connectivity index (χ1v) is 8.25. The van der Waals surface area contributed by atoms with E-state index in [-0.39, 0.29) is 5.91 Å². The number of amides is 1. The Hall–Kier alpha value is -3.15. The molecule has 4 rings (SSSR count). The molecule has 0 fully saturated rings. The molecule has 1 aromatic carbocycles. The first kappa shape index (κ1) is 15.4. The molecule has 0 N–H and O–H groups in total. The Morgan fingerprint density at radius 2 is 2.00 bits per heavy atom. The summed E-state index contributed by atoms with van der Waals surface area (Å²) in [5, 5.41) is 0. The second-order valence-electron chi connectivity index (χ2n) is 6.15. The van der Waals surface area contributed by atoms with E-state index < -0.39 is 0 Å². The first-order valence-electron chi connectivity index (χ1n) is 8.25. The average molecular weight is 333 g/mol. The lowest BCUT2D eigenvalue weighted by molar-refractivity contribution is 0.0751. The Kier molecular flexibility index (Phi) is 3.93. The van der Waals surface area contributed by atoms with Gasteiger partial charge in [0, 0.05) is 56.5 Å². The minimum atomic E-state index is 0.0221. The predicted octanol–water partition coefficient (Wildman–Crippen LogP) is 2.36. The van der Waals surface area contributed by atoms with E-state index in [1.807, 2.05) is 29.3 Å². The van der Waals surface area contributed by atoms with Crippen LogP contribution in [0.4, 0.5) is 5.69 Å². The van der Waals surface area contributed by atoms with Gasteiger partial charge in [-0.1, -0.05) is 18.2 Å². The summed E-state index contributed by atoms with van der Waals surface area (Å²) in [5.41, 5.74) is 2.99. The molecule has 3 heterocycles. The lowest BCUT2D eigenvalue weighted by Crippen LogP contribution is -2.34. The van der Waals surface area contributed by atoms with E-state index >= 15 is 0 Å². The van der Waals surface area contributed by atoms with E-state index in [1.165, 1.54) is 11.3 Å². The van der Waals surface area contributed by atoms with Crippen molar-refractivity contribution in [3.05, 3.63) is 72.4 Å². The fourth-order valence-electron chi connectivity index (χ4n) is 3.14. The summed E-state index contributed by atoms with van der Waals surface area (Å²) in [7, 11) is 2.07. The number of para-hydroxylation sites is 1. The zero-order valence-corrected chi connectivity index (χ0v) is 14.0. The van der Waals surface area contributed by atoms with Crippen molar-refractivity contribution in [3.8, 4) is 5.82 Å². The number of hydrogen-bond acceptors (Lipinski definition) is 4. The summed E-state index contributed by atoms with van der Waals surface area (Å²) in [6.07, 6.45) is 6.85. The molecule has 0 spiro atoms. The molecular formula is C19H19N5O. The highest BCUT2D eigenvalue weighted by atomic mass is 16.2. The maximum absolute atomic E-state index is 13.0. The molecule has 0 bridgehead atoms. The topological polar surface area (TPSA) is 54.3 Å². The maximum atomic E-state index is 13.0. The lowest BCUT2D eigenvalue weighted by Gasteiger charge is -2.21. The normalized spacial score (nSPS) is 14.1. The number of carbonyl (C=O) groups is 1. The Morgan fingerprint density at radius 3 is 2.84 bits per heavy atom. The molecule has 0 saturated heterocycles. The van der Waals surface area contributed by atoms with Gasteiger partial charge in [-0.15, -0.1) is 0 Å². The van der Waals surface area contributed by atoms with Crippen molar-refractivity contribution in [2.75, 3.05) is 25.0 Å². The van der Waals surface area contributed by atoms with Gasteiger partial charge in [0.05, 0.1) is 0 Å². The number of rotatable bonds is 2. The summed E-state index contributed by atoms with van der Waals surface area (Å²) < 4.78 is 1.79. The molecule has 0 radical (unpaired) electrons. The number of benzene rings is 1. The van der Waals surface area contributed by atoms with Crippen LogP contribution in [0.1, 0.15) is 15.9 Å². The van der Waals surface area contributed by atoms with Crippen molar-refractivity contribution >= 4 is 11.6 Å². The van der Waals surface area contributed by atoms with Crippen LogP contribution in [0.2, 0.25) is 0 Å². The number of fused-ring (bicyclic) bond motifs is 1. The predicted molar refractivity (Wildman–Crippen MR) is 95.8 cm³/mol. The Labute approximate surface area is 146 Å². The molecule has 0 atom stereocenters. The van der Waals surface area contributed by atoms with Gasteiger partial charge in [0.25, 0.3) is 5.91 Å². The van der Waals surface area contributed by atoms with Gasteiger partial charge in [-0.3, -0.25) is 9.36 Å². The van der Waals surface area contributed by atoms with Crippen molar-refractivity contribution in [2.45, 2.75) is 6.54 Å². The van der Waals surface area contributed by atoms with Gasteiger partial charge in [-0.2, -0.15) is 0 Å². The minimum absolute atomic E-state index is 0.0221. The van der Waals surface area contributed by atoms with E-state index in [4.69, 9.17) is 0 Å². The standard InChI is InChI=1S/C19H19N5O/c1-22-10-11-23(13-16-4-2-3-5-17(16)22)19(25)15-6-7-21-18(12-15)24-9-8-20-14-24/h2-9,12,14H,10-11,13H2,1H3. The number of anilines is 1. The highest BCUT2D eigenvalue weighted by molar-refractivity contribution is 5.94. The number of carbonyl (C=O) groups excluding carboxylic acids is 1. The smallest absolute Gasteiger partial charge is 0.254 e. The molecule has 1 aliphatic heterocycles. The third-order valence-electron chi connectivity index (χ3n) is 4.52. The Bertz CT molecular complexity index is 890. The van der Waals surface area contributed by atoms with E-state index in [0.29, 0.717) is 24.5 Å². The number of aromatic nitrogens is 3.